The van der Waals surface area contributed by atoms with Crippen LogP contribution in [0.25, 0.3) is 0 Å². The maximum absolute atomic E-state index is 12.2. The molecule has 2 aromatic rings. The van der Waals surface area contributed by atoms with Crippen molar-refractivity contribution in [3.8, 4) is 5.75 Å². The van der Waals surface area contributed by atoms with E-state index in [9.17, 15) is 9.59 Å². The van der Waals surface area contributed by atoms with Crippen molar-refractivity contribution in [3.63, 3.8) is 0 Å². The van der Waals surface area contributed by atoms with E-state index in [0.717, 1.165) is 15.5 Å². The zero-order valence-electron chi connectivity index (χ0n) is 15.2. The summed E-state index contributed by atoms with van der Waals surface area (Å²) in [6, 6.07) is 14.9. The number of methoxy groups -OCH3 is 1. The van der Waals surface area contributed by atoms with E-state index in [2.05, 4.69) is 10.6 Å². The van der Waals surface area contributed by atoms with E-state index in [1.54, 1.807) is 31.0 Å². The summed E-state index contributed by atoms with van der Waals surface area (Å²) >= 11 is 1.57. The standard InChI is InChI=1S/C19H23N3O3S/c1-22(12-18(23)20-14-8-4-6-10-16(14)25-2)13-19(24)21-15-9-5-7-11-17(15)26-3/h4-11H,12-13H2,1-3H3,(H,20,23)(H,21,24)/p+1. The van der Waals surface area contributed by atoms with Gasteiger partial charge in [-0.1, -0.05) is 24.3 Å². The summed E-state index contributed by atoms with van der Waals surface area (Å²) in [5, 5.41) is 5.71. The van der Waals surface area contributed by atoms with Gasteiger partial charge in [0, 0.05) is 4.90 Å². The Balaban J connectivity index is 1.86. The van der Waals surface area contributed by atoms with Gasteiger partial charge in [-0.2, -0.15) is 0 Å². The second kappa shape index (κ2) is 9.84. The molecule has 0 aromatic heterocycles. The van der Waals surface area contributed by atoms with Crippen LogP contribution in [0.15, 0.2) is 53.4 Å². The predicted octanol–water partition coefficient (Wildman–Crippen LogP) is 1.51. The molecule has 0 radical (unpaired) electrons. The summed E-state index contributed by atoms with van der Waals surface area (Å²) in [7, 11) is 3.36. The van der Waals surface area contributed by atoms with E-state index >= 15 is 0 Å². The van der Waals surface area contributed by atoms with Crippen LogP contribution in [-0.2, 0) is 9.59 Å². The third-order valence-electron chi connectivity index (χ3n) is 3.69. The van der Waals surface area contributed by atoms with E-state index in [-0.39, 0.29) is 24.9 Å². The fourth-order valence-corrected chi connectivity index (χ4v) is 3.05. The minimum absolute atomic E-state index is 0.130. The lowest BCUT2D eigenvalue weighted by atomic mass is 10.3. The molecule has 0 aliphatic carbocycles. The van der Waals surface area contributed by atoms with Crippen molar-refractivity contribution in [3.05, 3.63) is 48.5 Å². The van der Waals surface area contributed by atoms with E-state index in [1.165, 1.54) is 0 Å². The average molecular weight is 374 g/mol. The monoisotopic (exact) mass is 374 g/mol. The molecule has 3 N–H and O–H groups in total. The molecule has 0 heterocycles. The number of hydrogen-bond donors (Lipinski definition) is 3. The van der Waals surface area contributed by atoms with E-state index in [1.807, 2.05) is 49.7 Å². The van der Waals surface area contributed by atoms with Gasteiger partial charge in [0.25, 0.3) is 11.8 Å². The number of carbonyl (C=O) groups is 2. The summed E-state index contributed by atoms with van der Waals surface area (Å²) in [6.45, 7) is 0.373. The van der Waals surface area contributed by atoms with Crippen LogP contribution in [0.1, 0.15) is 0 Å². The molecular formula is C19H24N3O3S+. The largest absolute Gasteiger partial charge is 0.495 e. The molecule has 0 saturated carbocycles. The van der Waals surface area contributed by atoms with Crippen molar-refractivity contribution in [2.24, 2.45) is 0 Å². The van der Waals surface area contributed by atoms with Gasteiger partial charge in [0.15, 0.2) is 13.1 Å². The van der Waals surface area contributed by atoms with Gasteiger partial charge in [0.05, 0.1) is 25.5 Å². The lowest BCUT2D eigenvalue weighted by molar-refractivity contribution is -0.862. The first-order valence-electron chi connectivity index (χ1n) is 8.20. The van der Waals surface area contributed by atoms with Gasteiger partial charge in [0.2, 0.25) is 0 Å². The first-order chi connectivity index (χ1) is 12.5. The molecule has 26 heavy (non-hydrogen) atoms. The number of benzene rings is 2. The van der Waals surface area contributed by atoms with Gasteiger partial charge in [-0.3, -0.25) is 9.59 Å². The lowest BCUT2D eigenvalue weighted by Gasteiger charge is -2.15. The topological polar surface area (TPSA) is 71.9 Å². The molecule has 0 fully saturated rings. The molecule has 0 spiro atoms. The van der Waals surface area contributed by atoms with Crippen molar-refractivity contribution in [1.82, 2.24) is 0 Å². The third-order valence-corrected chi connectivity index (χ3v) is 4.48. The Morgan fingerprint density at radius 3 is 2.12 bits per heavy atom. The average Bonchev–Trinajstić information content (AvgIpc) is 2.62. The fraction of sp³-hybridized carbons (Fsp3) is 0.263. The minimum atomic E-state index is -0.177. The normalized spacial score (nSPS) is 11.5. The molecule has 0 bridgehead atoms. The van der Waals surface area contributed by atoms with Crippen molar-refractivity contribution in [1.29, 1.82) is 0 Å². The first kappa shape index (κ1) is 19.8. The number of likely N-dealkylation sites (N-methyl/N-ethyl adjacent to an activating group) is 1. The smallest absolute Gasteiger partial charge is 0.279 e. The quantitative estimate of drug-likeness (QED) is 0.613. The molecule has 2 amide bonds. The van der Waals surface area contributed by atoms with Crippen molar-refractivity contribution >= 4 is 35.0 Å². The Morgan fingerprint density at radius 2 is 1.50 bits per heavy atom. The van der Waals surface area contributed by atoms with Crippen LogP contribution in [0, 0.1) is 0 Å². The molecule has 0 saturated heterocycles. The second-order valence-corrected chi connectivity index (χ2v) is 6.66. The highest BCUT2D eigenvalue weighted by Gasteiger charge is 2.16. The number of rotatable bonds is 8. The molecule has 138 valence electrons. The van der Waals surface area contributed by atoms with E-state index in [0.29, 0.717) is 11.4 Å². The summed E-state index contributed by atoms with van der Waals surface area (Å²) in [4.78, 5) is 26.2. The van der Waals surface area contributed by atoms with Crippen LogP contribution >= 0.6 is 11.8 Å². The Labute approximate surface area is 157 Å². The maximum Gasteiger partial charge on any atom is 0.279 e. The van der Waals surface area contributed by atoms with Gasteiger partial charge in [-0.25, -0.2) is 0 Å². The SMILES string of the molecule is COc1ccccc1NC(=O)C[NH+](C)CC(=O)Nc1ccccc1SC. The summed E-state index contributed by atoms with van der Waals surface area (Å²) in [6.07, 6.45) is 1.96. The van der Waals surface area contributed by atoms with Crippen LogP contribution < -0.4 is 20.3 Å². The highest BCUT2D eigenvalue weighted by Crippen LogP contribution is 2.24. The first-order valence-corrected chi connectivity index (χ1v) is 9.43. The number of amides is 2. The van der Waals surface area contributed by atoms with E-state index < -0.39 is 0 Å². The van der Waals surface area contributed by atoms with Gasteiger partial charge in [-0.05, 0) is 30.5 Å². The lowest BCUT2D eigenvalue weighted by Crippen LogP contribution is -3.11. The maximum atomic E-state index is 12.2. The number of ether oxygens (including phenoxy) is 1. The third kappa shape index (κ3) is 5.79. The zero-order valence-corrected chi connectivity index (χ0v) is 16.0. The van der Waals surface area contributed by atoms with Crippen LogP contribution in [0.4, 0.5) is 11.4 Å². The number of thioether (sulfide) groups is 1. The fourth-order valence-electron chi connectivity index (χ4n) is 2.50. The van der Waals surface area contributed by atoms with Crippen LogP contribution in [-0.4, -0.2) is 45.3 Å². The summed E-state index contributed by atoms with van der Waals surface area (Å²) in [5.74, 6) is 0.295. The zero-order chi connectivity index (χ0) is 18.9. The van der Waals surface area contributed by atoms with Crippen LogP contribution in [0.3, 0.4) is 0 Å². The Kier molecular flexibility index (Phi) is 7.50. The second-order valence-electron chi connectivity index (χ2n) is 5.81. The van der Waals surface area contributed by atoms with Gasteiger partial charge in [0.1, 0.15) is 5.75 Å². The molecule has 7 heteroatoms. The molecule has 2 rings (SSSR count). The Morgan fingerprint density at radius 1 is 0.962 bits per heavy atom. The molecule has 1 atom stereocenters. The van der Waals surface area contributed by atoms with Gasteiger partial charge < -0.3 is 20.3 Å². The van der Waals surface area contributed by atoms with Gasteiger partial charge >= 0.3 is 0 Å². The molecule has 1 unspecified atom stereocenters. The summed E-state index contributed by atoms with van der Waals surface area (Å²) < 4.78 is 5.22. The van der Waals surface area contributed by atoms with E-state index in [4.69, 9.17) is 4.74 Å². The van der Waals surface area contributed by atoms with Crippen molar-refractivity contribution in [2.75, 3.05) is 44.1 Å². The van der Waals surface area contributed by atoms with Crippen LogP contribution in [0.5, 0.6) is 5.75 Å². The van der Waals surface area contributed by atoms with Crippen LogP contribution in [0.2, 0.25) is 0 Å². The van der Waals surface area contributed by atoms with Crippen molar-refractivity contribution in [2.45, 2.75) is 4.90 Å². The number of carbonyl (C=O) groups excluding carboxylic acids is 2. The predicted molar refractivity (Wildman–Crippen MR) is 105 cm³/mol. The molecule has 6 nitrogen and oxygen atoms in total. The highest BCUT2D eigenvalue weighted by molar-refractivity contribution is 7.98. The minimum Gasteiger partial charge on any atom is -0.495 e. The highest BCUT2D eigenvalue weighted by atomic mass is 32.2. The number of hydrogen-bond acceptors (Lipinski definition) is 4. The number of anilines is 2. The molecule has 2 aromatic carbocycles. The number of quaternary nitrogens is 1. The number of para-hydroxylation sites is 3. The van der Waals surface area contributed by atoms with Gasteiger partial charge in [-0.15, -0.1) is 11.8 Å². The van der Waals surface area contributed by atoms with Crippen molar-refractivity contribution < 1.29 is 19.2 Å². The molecule has 0 aliphatic heterocycles. The Bertz CT molecular complexity index is 704. The number of nitrogens with one attached hydrogen (secondary N) is 3. The molecule has 0 aliphatic rings. The summed E-state index contributed by atoms with van der Waals surface area (Å²) in [5.41, 5.74) is 1.41. The Hall–Kier alpha value is -2.51. The molecular weight excluding hydrogens is 350 g/mol.